The van der Waals surface area contributed by atoms with Gasteiger partial charge in [-0.15, -0.1) is 0 Å². The molecule has 234 valence electrons. The molecule has 0 heteroatoms. The molecule has 0 aliphatic heterocycles. The quantitative estimate of drug-likeness (QED) is 0.136. The first kappa shape index (κ1) is 30.2. The number of rotatable bonds is 3. The Kier molecular flexibility index (Phi) is 7.04. The van der Waals surface area contributed by atoms with E-state index in [1.165, 1.54) is 87.6 Å². The largest absolute Gasteiger partial charge is 0.0616 e. The lowest BCUT2D eigenvalue weighted by Crippen LogP contribution is -2.10. The summed E-state index contributed by atoms with van der Waals surface area (Å²) in [7, 11) is 0. The summed E-state index contributed by atoms with van der Waals surface area (Å²) in [6.45, 7) is 13.7. The third-order valence-corrected chi connectivity index (χ3v) is 10.2. The predicted octanol–water partition coefficient (Wildman–Crippen LogP) is 13.9. The van der Waals surface area contributed by atoms with Crippen molar-refractivity contribution in [1.82, 2.24) is 0 Å². The van der Waals surface area contributed by atoms with Crippen molar-refractivity contribution in [2.45, 2.75) is 52.4 Å². The summed E-state index contributed by atoms with van der Waals surface area (Å²) < 4.78 is 0. The van der Waals surface area contributed by atoms with Gasteiger partial charge in [-0.05, 0) is 111 Å². The van der Waals surface area contributed by atoms with Gasteiger partial charge in [0.15, 0.2) is 0 Å². The molecule has 0 fully saturated rings. The minimum absolute atomic E-state index is 0.0933. The average Bonchev–Trinajstić information content (AvgIpc) is 3.09. The van der Waals surface area contributed by atoms with Gasteiger partial charge in [0.05, 0.1) is 0 Å². The van der Waals surface area contributed by atoms with Crippen LogP contribution >= 0.6 is 0 Å². The topological polar surface area (TPSA) is 0 Å². The molecular weight excluding hydrogens is 577 g/mol. The Hall–Kier alpha value is -5.20. The molecule has 0 saturated carbocycles. The van der Waals surface area contributed by atoms with Gasteiger partial charge in [-0.25, -0.2) is 0 Å². The molecule has 0 atom stereocenters. The third-order valence-electron chi connectivity index (χ3n) is 10.2. The third kappa shape index (κ3) is 5.08. The summed E-state index contributed by atoms with van der Waals surface area (Å²) in [6, 6.07) is 54.7. The van der Waals surface area contributed by atoms with Gasteiger partial charge in [0.1, 0.15) is 0 Å². The Balaban J connectivity index is 1.48. The van der Waals surface area contributed by atoms with E-state index in [4.69, 9.17) is 0 Å². The predicted molar refractivity (Wildman–Crippen MR) is 210 cm³/mol. The van der Waals surface area contributed by atoms with Gasteiger partial charge in [-0.3, -0.25) is 0 Å². The Morgan fingerprint density at radius 2 is 0.771 bits per heavy atom. The fourth-order valence-corrected chi connectivity index (χ4v) is 7.52. The molecule has 48 heavy (non-hydrogen) atoms. The molecule has 0 aromatic heterocycles. The van der Waals surface area contributed by atoms with Gasteiger partial charge in [-0.2, -0.15) is 0 Å². The summed E-state index contributed by atoms with van der Waals surface area (Å²) >= 11 is 0. The van der Waals surface area contributed by atoms with Crippen molar-refractivity contribution in [2.24, 2.45) is 0 Å². The molecule has 0 heterocycles. The van der Waals surface area contributed by atoms with Gasteiger partial charge in [0.25, 0.3) is 0 Å². The van der Waals surface area contributed by atoms with E-state index in [0.29, 0.717) is 0 Å². The fraction of sp³-hybridized carbons (Fsp3) is 0.167. The Bertz CT molecular complexity index is 2480. The van der Waals surface area contributed by atoms with Crippen molar-refractivity contribution >= 4 is 43.1 Å². The number of hydrogen-bond donors (Lipinski definition) is 0. The van der Waals surface area contributed by atoms with Crippen LogP contribution in [-0.2, 0) is 10.8 Å². The van der Waals surface area contributed by atoms with Crippen LogP contribution in [0.4, 0.5) is 0 Å². The average molecular weight is 619 g/mol. The van der Waals surface area contributed by atoms with E-state index in [1.807, 2.05) is 0 Å². The maximum atomic E-state index is 2.44. The van der Waals surface area contributed by atoms with Crippen molar-refractivity contribution in [3.63, 3.8) is 0 Å². The molecule has 0 unspecified atom stereocenters. The second-order valence-electron chi connectivity index (χ2n) is 15.4. The molecule has 8 rings (SSSR count). The monoisotopic (exact) mass is 618 g/mol. The lowest BCUT2D eigenvalue weighted by atomic mass is 9.81. The first-order valence-corrected chi connectivity index (χ1v) is 17.2. The van der Waals surface area contributed by atoms with Crippen LogP contribution in [0.25, 0.3) is 76.5 Å². The van der Waals surface area contributed by atoms with Crippen LogP contribution < -0.4 is 0 Å². The van der Waals surface area contributed by atoms with Crippen LogP contribution in [0.5, 0.6) is 0 Å². The highest BCUT2D eigenvalue weighted by Crippen LogP contribution is 2.47. The van der Waals surface area contributed by atoms with Gasteiger partial charge in [0.2, 0.25) is 0 Å². The van der Waals surface area contributed by atoms with Crippen LogP contribution in [0.15, 0.2) is 146 Å². The molecule has 0 aliphatic rings. The van der Waals surface area contributed by atoms with Gasteiger partial charge < -0.3 is 0 Å². The maximum Gasteiger partial charge on any atom is -0.00199 e. The van der Waals surface area contributed by atoms with Crippen molar-refractivity contribution in [3.05, 3.63) is 157 Å². The summed E-state index contributed by atoms with van der Waals surface area (Å²) in [6.07, 6.45) is 0. The van der Waals surface area contributed by atoms with E-state index in [0.717, 1.165) is 0 Å². The van der Waals surface area contributed by atoms with Crippen LogP contribution in [0.2, 0.25) is 0 Å². The highest BCUT2D eigenvalue weighted by atomic mass is 14.2. The van der Waals surface area contributed by atoms with E-state index in [9.17, 15) is 0 Å². The molecule has 0 radical (unpaired) electrons. The van der Waals surface area contributed by atoms with E-state index in [2.05, 4.69) is 187 Å². The molecule has 0 bridgehead atoms. The van der Waals surface area contributed by atoms with E-state index >= 15 is 0 Å². The number of fused-ring (bicyclic) bond motifs is 5. The normalized spacial score (nSPS) is 12.4. The van der Waals surface area contributed by atoms with E-state index in [-0.39, 0.29) is 10.8 Å². The second-order valence-corrected chi connectivity index (χ2v) is 15.4. The minimum atomic E-state index is 0.0933. The highest BCUT2D eigenvalue weighted by molar-refractivity contribution is 6.26. The van der Waals surface area contributed by atoms with Gasteiger partial charge in [-0.1, -0.05) is 175 Å². The summed E-state index contributed by atoms with van der Waals surface area (Å²) in [4.78, 5) is 0. The summed E-state index contributed by atoms with van der Waals surface area (Å²) in [5, 5.41) is 10.2. The second kappa shape index (κ2) is 11.2. The molecule has 0 saturated heterocycles. The Morgan fingerprint density at radius 1 is 0.312 bits per heavy atom. The molecule has 8 aromatic carbocycles. The van der Waals surface area contributed by atoms with E-state index in [1.54, 1.807) is 0 Å². The van der Waals surface area contributed by atoms with Crippen molar-refractivity contribution in [1.29, 1.82) is 0 Å². The van der Waals surface area contributed by atoms with Crippen molar-refractivity contribution in [3.8, 4) is 33.4 Å². The van der Waals surface area contributed by atoms with Crippen LogP contribution in [-0.4, -0.2) is 0 Å². The minimum Gasteiger partial charge on any atom is -0.0616 e. The summed E-state index contributed by atoms with van der Waals surface area (Å²) in [5.41, 5.74) is 10.5. The molecule has 0 aliphatic carbocycles. The van der Waals surface area contributed by atoms with Gasteiger partial charge >= 0.3 is 0 Å². The Labute approximate surface area is 284 Å². The lowest BCUT2D eigenvalue weighted by molar-refractivity contribution is 0.590. The first-order chi connectivity index (χ1) is 23.1. The van der Waals surface area contributed by atoms with Crippen LogP contribution in [0.3, 0.4) is 0 Å². The molecule has 0 amide bonds. The molecule has 0 N–H and O–H groups in total. The van der Waals surface area contributed by atoms with Crippen molar-refractivity contribution < 1.29 is 0 Å². The zero-order chi connectivity index (χ0) is 33.2. The molecule has 0 spiro atoms. The SMILES string of the molecule is CC(C)(C)c1ccc(-c2ccc3c(-c4cc5ccccc5c5ccccc45)c4ccccc4c(-c4ccc(C(C)(C)C)cc4)c3c2)cc1. The molecular formula is C48H42. The molecule has 0 nitrogen and oxygen atoms in total. The van der Waals surface area contributed by atoms with Crippen molar-refractivity contribution in [2.75, 3.05) is 0 Å². The van der Waals surface area contributed by atoms with E-state index < -0.39 is 0 Å². The van der Waals surface area contributed by atoms with Crippen LogP contribution in [0, 0.1) is 0 Å². The number of hydrogen-bond acceptors (Lipinski definition) is 0. The summed E-state index contributed by atoms with van der Waals surface area (Å²) in [5.74, 6) is 0. The Morgan fingerprint density at radius 3 is 1.38 bits per heavy atom. The standard InChI is InChI=1S/C48H42/c1-47(2,3)35-24-19-31(20-25-35)33-23-28-42-44(29-33)45(32-21-26-36(27-22-32)48(4,5)6)40-17-11-12-18-41(40)46(42)43-30-34-13-7-8-14-37(34)38-15-9-10-16-39(38)43/h7-30H,1-6H3. The van der Waals surface area contributed by atoms with Crippen LogP contribution in [0.1, 0.15) is 52.7 Å². The smallest absolute Gasteiger partial charge is 0.00199 e. The highest BCUT2D eigenvalue weighted by Gasteiger charge is 2.21. The zero-order valence-corrected chi connectivity index (χ0v) is 28.9. The number of benzene rings is 8. The molecule has 8 aromatic rings. The fourth-order valence-electron chi connectivity index (χ4n) is 7.52. The first-order valence-electron chi connectivity index (χ1n) is 17.2. The maximum absolute atomic E-state index is 2.44. The zero-order valence-electron chi connectivity index (χ0n) is 28.9. The van der Waals surface area contributed by atoms with Gasteiger partial charge in [0, 0.05) is 0 Å². The lowest BCUT2D eigenvalue weighted by Gasteiger charge is -2.22.